The average Bonchev–Trinajstić information content (AvgIpc) is 3.72. The number of hydrogen-bond acceptors (Lipinski definition) is 1. The first-order chi connectivity index (χ1) is 26.9. The van der Waals surface area contributed by atoms with E-state index in [2.05, 4.69) is 204 Å². The summed E-state index contributed by atoms with van der Waals surface area (Å²) in [4.78, 5) is 0. The van der Waals surface area contributed by atoms with E-state index in [0.29, 0.717) is 11.8 Å². The molecule has 3 heterocycles. The summed E-state index contributed by atoms with van der Waals surface area (Å²) in [5.41, 5.74) is 16.8. The molecule has 0 aliphatic carbocycles. The lowest BCUT2D eigenvalue weighted by Gasteiger charge is -2.24. The zero-order valence-corrected chi connectivity index (χ0v) is 35.2. The number of hydrogen-bond donors (Lipinski definition) is 0. The second-order valence-corrected chi connectivity index (χ2v) is 22.4. The summed E-state index contributed by atoms with van der Waals surface area (Å²) in [5.74, 6) is 0.599. The Labute approximate surface area is 331 Å². The largest absolute Gasteiger partial charge is 0.455 e. The van der Waals surface area contributed by atoms with Gasteiger partial charge >= 0.3 is 0 Å². The Morgan fingerprint density at radius 2 is 1.14 bits per heavy atom. The van der Waals surface area contributed by atoms with Crippen LogP contribution in [0.5, 0.6) is 0 Å². The van der Waals surface area contributed by atoms with E-state index >= 15 is 0 Å². The van der Waals surface area contributed by atoms with Gasteiger partial charge in [-0.2, -0.15) is 0 Å². The van der Waals surface area contributed by atoms with E-state index in [1.807, 2.05) is 0 Å². The van der Waals surface area contributed by atoms with Crippen LogP contribution >= 0.6 is 0 Å². The van der Waals surface area contributed by atoms with Gasteiger partial charge in [0, 0.05) is 22.2 Å². The second kappa shape index (κ2) is 13.5. The fraction of sp³-hybridized carbons (Fsp3) is 0.212. The summed E-state index contributed by atoms with van der Waals surface area (Å²) in [7, 11) is 0.828. The van der Waals surface area contributed by atoms with Crippen LogP contribution in [0.3, 0.4) is 0 Å². The quantitative estimate of drug-likeness (QED) is 0.118. The van der Waals surface area contributed by atoms with Crippen LogP contribution < -0.4 is 9.75 Å². The van der Waals surface area contributed by atoms with E-state index in [9.17, 15) is 0 Å². The third-order valence-electron chi connectivity index (χ3n) is 11.9. The number of furan rings is 1. The standard InChI is InChI=1S/C52H51N2OSi/c1-32(2)43-28-38(37-21-19-35(20-22-37)36-23-25-39(26-24-36)56(7,8)9)29-44(33(3)4)51(43)54-46-16-12-10-14-40(46)45-31-53(6)48(30-47(45)54)50-34(5)18-27-42-41-15-11-13-17-49(41)55-52(42)50/h10-33H,1-9H3/q+1. The molecule has 278 valence electrons. The van der Waals surface area contributed by atoms with Gasteiger partial charge in [-0.25, -0.2) is 4.57 Å². The van der Waals surface area contributed by atoms with Crippen molar-refractivity contribution in [3.05, 3.63) is 150 Å². The van der Waals surface area contributed by atoms with Crippen LogP contribution in [0.25, 0.3) is 82.9 Å². The van der Waals surface area contributed by atoms with Gasteiger partial charge < -0.3 is 8.98 Å². The maximum absolute atomic E-state index is 6.65. The molecule has 0 bridgehead atoms. The molecule has 0 saturated carbocycles. The minimum atomic E-state index is -1.34. The summed E-state index contributed by atoms with van der Waals surface area (Å²) >= 11 is 0. The molecular weight excluding hydrogens is 697 g/mol. The zero-order chi connectivity index (χ0) is 39.0. The Balaban J connectivity index is 1.25. The highest BCUT2D eigenvalue weighted by atomic mass is 28.3. The van der Waals surface area contributed by atoms with Gasteiger partial charge in [0.2, 0.25) is 5.69 Å². The molecule has 0 radical (unpaired) electrons. The Morgan fingerprint density at radius 3 is 1.77 bits per heavy atom. The van der Waals surface area contributed by atoms with Crippen molar-refractivity contribution < 1.29 is 8.98 Å². The monoisotopic (exact) mass is 747 g/mol. The van der Waals surface area contributed by atoms with Crippen molar-refractivity contribution in [1.29, 1.82) is 0 Å². The van der Waals surface area contributed by atoms with Crippen LogP contribution in [-0.2, 0) is 7.05 Å². The maximum atomic E-state index is 6.65. The summed E-state index contributed by atoms with van der Waals surface area (Å²) in [5, 5.41) is 6.28. The van der Waals surface area contributed by atoms with E-state index in [1.54, 1.807) is 0 Å². The minimum Gasteiger partial charge on any atom is -0.455 e. The minimum absolute atomic E-state index is 0.300. The predicted molar refractivity (Wildman–Crippen MR) is 241 cm³/mol. The number of rotatable bonds is 7. The summed E-state index contributed by atoms with van der Waals surface area (Å²) in [6.07, 6.45) is 2.32. The summed E-state index contributed by atoms with van der Waals surface area (Å²) in [6.45, 7) is 18.8. The Hall–Kier alpha value is -5.71. The third kappa shape index (κ3) is 5.90. The van der Waals surface area contributed by atoms with Crippen LogP contribution in [0.2, 0.25) is 19.6 Å². The average molecular weight is 748 g/mol. The Bertz CT molecular complexity index is 2920. The lowest BCUT2D eigenvalue weighted by atomic mass is 9.87. The molecule has 0 amide bonds. The predicted octanol–water partition coefficient (Wildman–Crippen LogP) is 13.6. The van der Waals surface area contributed by atoms with Crippen molar-refractivity contribution in [1.82, 2.24) is 4.57 Å². The zero-order valence-electron chi connectivity index (χ0n) is 34.2. The second-order valence-electron chi connectivity index (χ2n) is 17.4. The van der Waals surface area contributed by atoms with E-state index < -0.39 is 8.07 Å². The summed E-state index contributed by atoms with van der Waals surface area (Å²) < 4.78 is 11.5. The van der Waals surface area contributed by atoms with E-state index in [4.69, 9.17) is 4.42 Å². The molecule has 6 aromatic carbocycles. The van der Waals surface area contributed by atoms with Crippen LogP contribution in [0.1, 0.15) is 56.2 Å². The smallest absolute Gasteiger partial charge is 0.218 e. The first-order valence-electron chi connectivity index (χ1n) is 20.1. The number of para-hydroxylation sites is 2. The van der Waals surface area contributed by atoms with E-state index in [0.717, 1.165) is 33.2 Å². The number of fused-ring (bicyclic) bond motifs is 6. The molecule has 4 heteroatoms. The molecule has 9 rings (SSSR count). The molecule has 0 fully saturated rings. The van der Waals surface area contributed by atoms with Crippen molar-refractivity contribution in [2.24, 2.45) is 7.05 Å². The van der Waals surface area contributed by atoms with Gasteiger partial charge in [0.15, 0.2) is 6.20 Å². The number of pyridine rings is 1. The maximum Gasteiger partial charge on any atom is 0.218 e. The Kier molecular flexibility index (Phi) is 8.66. The molecule has 0 N–H and O–H groups in total. The lowest BCUT2D eigenvalue weighted by Crippen LogP contribution is -2.37. The van der Waals surface area contributed by atoms with Crippen LogP contribution in [0.15, 0.2) is 138 Å². The fourth-order valence-electron chi connectivity index (χ4n) is 8.76. The number of aromatic nitrogens is 2. The van der Waals surface area contributed by atoms with Gasteiger partial charge in [-0.1, -0.05) is 150 Å². The van der Waals surface area contributed by atoms with Crippen molar-refractivity contribution >= 4 is 57.0 Å². The van der Waals surface area contributed by atoms with E-state index in [1.165, 1.54) is 71.6 Å². The molecule has 56 heavy (non-hydrogen) atoms. The first kappa shape index (κ1) is 36.0. The third-order valence-corrected chi connectivity index (χ3v) is 13.9. The molecular formula is C52H51N2OSi+. The topological polar surface area (TPSA) is 21.9 Å². The van der Waals surface area contributed by atoms with Crippen LogP contribution in [0.4, 0.5) is 0 Å². The number of nitrogens with zero attached hydrogens (tertiary/aromatic N) is 2. The molecule has 0 atom stereocenters. The normalized spacial score (nSPS) is 12.3. The van der Waals surface area contributed by atoms with E-state index in [-0.39, 0.29) is 0 Å². The van der Waals surface area contributed by atoms with Gasteiger partial charge in [-0.05, 0) is 82.0 Å². The molecule has 3 nitrogen and oxygen atoms in total. The molecule has 0 saturated heterocycles. The van der Waals surface area contributed by atoms with Gasteiger partial charge in [0.1, 0.15) is 18.2 Å². The SMILES string of the molecule is Cc1ccc2c(oc3ccccc32)c1-c1cc2c(c[n+]1C)c1ccccc1n2-c1c(C(C)C)cc(-c2ccc(-c3ccc([Si](C)(C)C)cc3)cc2)cc1C(C)C. The van der Waals surface area contributed by atoms with Gasteiger partial charge in [-0.3, -0.25) is 0 Å². The molecule has 0 spiro atoms. The first-order valence-corrected chi connectivity index (χ1v) is 23.6. The highest BCUT2D eigenvalue weighted by Gasteiger charge is 2.27. The van der Waals surface area contributed by atoms with Crippen LogP contribution in [-0.4, -0.2) is 12.6 Å². The summed E-state index contributed by atoms with van der Waals surface area (Å²) in [6, 6.07) is 47.5. The van der Waals surface area contributed by atoms with Crippen LogP contribution in [0, 0.1) is 6.92 Å². The Morgan fingerprint density at radius 1 is 0.571 bits per heavy atom. The molecule has 0 aliphatic heterocycles. The highest BCUT2D eigenvalue weighted by molar-refractivity contribution is 6.88. The van der Waals surface area contributed by atoms with Crippen molar-refractivity contribution in [2.75, 3.05) is 0 Å². The molecule has 0 unspecified atom stereocenters. The number of benzene rings is 6. The molecule has 9 aromatic rings. The highest BCUT2D eigenvalue weighted by Crippen LogP contribution is 2.43. The number of aryl methyl sites for hydroxylation is 2. The van der Waals surface area contributed by atoms with Gasteiger partial charge in [0.05, 0.1) is 35.7 Å². The molecule has 3 aromatic heterocycles. The molecule has 0 aliphatic rings. The van der Waals surface area contributed by atoms with Crippen molar-refractivity contribution in [2.45, 2.75) is 66.1 Å². The van der Waals surface area contributed by atoms with Crippen molar-refractivity contribution in [3.8, 4) is 39.2 Å². The fourth-order valence-corrected chi connectivity index (χ4v) is 9.92. The van der Waals surface area contributed by atoms with Gasteiger partial charge in [0.25, 0.3) is 0 Å². The van der Waals surface area contributed by atoms with Gasteiger partial charge in [-0.15, -0.1) is 0 Å². The lowest BCUT2D eigenvalue weighted by molar-refractivity contribution is -0.659. The van der Waals surface area contributed by atoms with Crippen molar-refractivity contribution in [3.63, 3.8) is 0 Å².